The van der Waals surface area contributed by atoms with Crippen LogP contribution in [0.3, 0.4) is 0 Å². The monoisotopic (exact) mass is 713 g/mol. The highest BCUT2D eigenvalue weighted by atomic mass is 16.3. The second-order valence-electron chi connectivity index (χ2n) is 14.7. The van der Waals surface area contributed by atoms with Crippen molar-refractivity contribution >= 4 is 54.2 Å². The number of rotatable bonds is 6. The minimum atomic E-state index is 0.0880. The average Bonchev–Trinajstić information content (AvgIpc) is 3.72. The molecular formula is C54H35NO. The highest BCUT2D eigenvalue weighted by Crippen LogP contribution is 2.40. The Morgan fingerprint density at radius 1 is 0.339 bits per heavy atom. The molecule has 0 bridgehead atoms. The first-order valence-corrected chi connectivity index (χ1v) is 19.2. The lowest BCUT2D eigenvalue weighted by Gasteiger charge is -2.20. The molecule has 0 saturated carbocycles. The summed E-state index contributed by atoms with van der Waals surface area (Å²) < 4.78 is 6.55. The van der Waals surface area contributed by atoms with E-state index in [2.05, 4.69) is 176 Å². The molecule has 0 saturated heterocycles. The van der Waals surface area contributed by atoms with Crippen LogP contribution in [0.4, 0.5) is 0 Å². The Hall–Kier alpha value is -7.29. The molecule has 10 aromatic carbocycles. The fourth-order valence-corrected chi connectivity index (χ4v) is 8.56. The van der Waals surface area contributed by atoms with Crippen LogP contribution in [-0.4, -0.2) is 4.98 Å². The van der Waals surface area contributed by atoms with E-state index in [1.165, 1.54) is 71.3 Å². The van der Waals surface area contributed by atoms with Gasteiger partial charge in [-0.15, -0.1) is 0 Å². The SMILES string of the molecule is c1ccc(-c2ccc(C(c3ccc(-c4ccc5c(ccc6ccc7ccc8nc(-c9ccccc9)oc8c7c65)c4)cc3)c3ccc4ccccc4c3)cc2)cc1. The molecule has 2 heteroatoms. The molecule has 262 valence electrons. The van der Waals surface area contributed by atoms with E-state index in [0.717, 1.165) is 27.4 Å². The molecule has 0 fully saturated rings. The molecule has 0 aliphatic rings. The van der Waals surface area contributed by atoms with E-state index in [1.807, 2.05) is 30.3 Å². The van der Waals surface area contributed by atoms with Crippen molar-refractivity contribution in [1.29, 1.82) is 0 Å². The smallest absolute Gasteiger partial charge is 0.227 e. The number of hydrogen-bond acceptors (Lipinski definition) is 2. The molecule has 1 heterocycles. The Labute approximate surface area is 325 Å². The normalized spacial score (nSPS) is 12.2. The molecule has 1 unspecified atom stereocenters. The van der Waals surface area contributed by atoms with Crippen LogP contribution >= 0.6 is 0 Å². The van der Waals surface area contributed by atoms with Crippen LogP contribution in [0.25, 0.3) is 87.9 Å². The Morgan fingerprint density at radius 2 is 0.857 bits per heavy atom. The van der Waals surface area contributed by atoms with Gasteiger partial charge in [-0.1, -0.05) is 182 Å². The van der Waals surface area contributed by atoms with Crippen LogP contribution in [0, 0.1) is 0 Å². The van der Waals surface area contributed by atoms with E-state index in [4.69, 9.17) is 9.40 Å². The maximum absolute atomic E-state index is 6.55. The molecule has 0 spiro atoms. The molecule has 1 aromatic heterocycles. The third-order valence-electron chi connectivity index (χ3n) is 11.4. The van der Waals surface area contributed by atoms with Gasteiger partial charge >= 0.3 is 0 Å². The molecule has 2 nitrogen and oxygen atoms in total. The molecule has 0 N–H and O–H groups in total. The van der Waals surface area contributed by atoms with E-state index in [9.17, 15) is 0 Å². The van der Waals surface area contributed by atoms with Crippen molar-refractivity contribution < 1.29 is 4.42 Å². The molecule has 0 radical (unpaired) electrons. The molecule has 11 aromatic rings. The van der Waals surface area contributed by atoms with E-state index in [1.54, 1.807) is 0 Å². The summed E-state index contributed by atoms with van der Waals surface area (Å²) in [7, 11) is 0. The van der Waals surface area contributed by atoms with Gasteiger partial charge in [0.15, 0.2) is 5.58 Å². The zero-order chi connectivity index (χ0) is 37.0. The number of nitrogens with zero attached hydrogens (tertiary/aromatic N) is 1. The minimum absolute atomic E-state index is 0.0880. The average molecular weight is 714 g/mol. The van der Waals surface area contributed by atoms with Crippen LogP contribution in [0.1, 0.15) is 22.6 Å². The summed E-state index contributed by atoms with van der Waals surface area (Å²) in [6.07, 6.45) is 0. The summed E-state index contributed by atoms with van der Waals surface area (Å²) in [6, 6.07) is 74.5. The number of oxazole rings is 1. The first kappa shape index (κ1) is 32.2. The van der Waals surface area contributed by atoms with Gasteiger partial charge in [0, 0.05) is 22.3 Å². The van der Waals surface area contributed by atoms with Crippen LogP contribution in [0.2, 0.25) is 0 Å². The number of aromatic nitrogens is 1. The van der Waals surface area contributed by atoms with Crippen molar-refractivity contribution in [1.82, 2.24) is 4.98 Å². The highest BCUT2D eigenvalue weighted by molar-refractivity contribution is 6.26. The molecule has 0 amide bonds. The zero-order valence-corrected chi connectivity index (χ0v) is 30.6. The molecule has 11 rings (SSSR count). The van der Waals surface area contributed by atoms with Crippen molar-refractivity contribution in [3.05, 3.63) is 223 Å². The number of benzene rings is 10. The predicted octanol–water partition coefficient (Wildman–Crippen LogP) is 14.6. The number of fused-ring (bicyclic) bond motifs is 8. The molecule has 1 atom stereocenters. The van der Waals surface area contributed by atoms with Gasteiger partial charge in [0.1, 0.15) is 5.52 Å². The van der Waals surface area contributed by atoms with E-state index in [0.29, 0.717) is 5.89 Å². The second kappa shape index (κ2) is 13.2. The second-order valence-corrected chi connectivity index (χ2v) is 14.7. The topological polar surface area (TPSA) is 26.0 Å². The van der Waals surface area contributed by atoms with Crippen LogP contribution < -0.4 is 0 Å². The van der Waals surface area contributed by atoms with Crippen molar-refractivity contribution in [3.63, 3.8) is 0 Å². The summed E-state index contributed by atoms with van der Waals surface area (Å²) in [6.45, 7) is 0. The number of hydrogen-bond donors (Lipinski definition) is 0. The van der Waals surface area contributed by atoms with E-state index < -0.39 is 0 Å². The molecule has 0 aliphatic carbocycles. The van der Waals surface area contributed by atoms with Crippen LogP contribution in [0.5, 0.6) is 0 Å². The summed E-state index contributed by atoms with van der Waals surface area (Å²) in [5.41, 5.74) is 11.3. The lowest BCUT2D eigenvalue weighted by Crippen LogP contribution is -2.03. The highest BCUT2D eigenvalue weighted by Gasteiger charge is 2.19. The van der Waals surface area contributed by atoms with E-state index in [-0.39, 0.29) is 5.92 Å². The summed E-state index contributed by atoms with van der Waals surface area (Å²) in [5, 5.41) is 9.53. The fourth-order valence-electron chi connectivity index (χ4n) is 8.56. The van der Waals surface area contributed by atoms with E-state index >= 15 is 0 Å². The maximum Gasteiger partial charge on any atom is 0.227 e. The van der Waals surface area contributed by atoms with Gasteiger partial charge in [-0.25, -0.2) is 4.98 Å². The van der Waals surface area contributed by atoms with Gasteiger partial charge < -0.3 is 4.42 Å². The molecule has 56 heavy (non-hydrogen) atoms. The van der Waals surface area contributed by atoms with Gasteiger partial charge in [-0.3, -0.25) is 0 Å². The Morgan fingerprint density at radius 3 is 1.57 bits per heavy atom. The third-order valence-corrected chi connectivity index (χ3v) is 11.4. The first-order chi connectivity index (χ1) is 27.7. The lowest BCUT2D eigenvalue weighted by molar-refractivity contribution is 0.623. The lowest BCUT2D eigenvalue weighted by atomic mass is 9.83. The van der Waals surface area contributed by atoms with Crippen LogP contribution in [0.15, 0.2) is 211 Å². The quantitative estimate of drug-likeness (QED) is 0.127. The summed E-state index contributed by atoms with van der Waals surface area (Å²) in [4.78, 5) is 4.89. The van der Waals surface area contributed by atoms with Crippen molar-refractivity contribution in [2.24, 2.45) is 0 Å². The summed E-state index contributed by atoms with van der Waals surface area (Å²) >= 11 is 0. The van der Waals surface area contributed by atoms with Crippen molar-refractivity contribution in [3.8, 4) is 33.7 Å². The van der Waals surface area contributed by atoms with Gasteiger partial charge in [-0.2, -0.15) is 0 Å². The first-order valence-electron chi connectivity index (χ1n) is 19.2. The Balaban J connectivity index is 0.993. The third kappa shape index (κ3) is 5.54. The van der Waals surface area contributed by atoms with Gasteiger partial charge in [0.2, 0.25) is 5.89 Å². The van der Waals surface area contributed by atoms with Crippen molar-refractivity contribution in [2.45, 2.75) is 5.92 Å². The maximum atomic E-state index is 6.55. The van der Waals surface area contributed by atoms with Gasteiger partial charge in [0.05, 0.1) is 0 Å². The Kier molecular flexibility index (Phi) is 7.60. The zero-order valence-electron chi connectivity index (χ0n) is 30.6. The summed E-state index contributed by atoms with van der Waals surface area (Å²) in [5.74, 6) is 0.730. The largest absolute Gasteiger partial charge is 0.435 e. The van der Waals surface area contributed by atoms with Gasteiger partial charge in [0.25, 0.3) is 0 Å². The standard InChI is InChI=1S/C54H35NO/c1-3-9-35(10-4-1)37-15-20-39(21-16-37)50(47-28-19-36-11-7-8-14-44(36)34-47)40-22-17-38(18-23-40)45-29-31-48-46(33-45)27-26-41-24-25-42-30-32-49-53(52(42)51(41)48)56-54(55-49)43-12-5-2-6-13-43/h1-34,50H. The van der Waals surface area contributed by atoms with Crippen LogP contribution in [-0.2, 0) is 0 Å². The van der Waals surface area contributed by atoms with Crippen molar-refractivity contribution in [2.75, 3.05) is 0 Å². The molecule has 0 aliphatic heterocycles. The minimum Gasteiger partial charge on any atom is -0.435 e. The van der Waals surface area contributed by atoms with Gasteiger partial charge in [-0.05, 0) is 95.5 Å². The Bertz CT molecular complexity index is 3220. The fraction of sp³-hybridized carbons (Fsp3) is 0.0185. The molecular weight excluding hydrogens is 679 g/mol. The predicted molar refractivity (Wildman–Crippen MR) is 234 cm³/mol.